The highest BCUT2D eigenvalue weighted by atomic mass is 28.4. The molecule has 0 rings (SSSR count). The number of hydrogen-bond acceptors (Lipinski definition) is 4. The van der Waals surface area contributed by atoms with Crippen molar-refractivity contribution in [2.45, 2.75) is 71.2 Å². The molecule has 0 aromatic heterocycles. The van der Waals surface area contributed by atoms with Crippen molar-refractivity contribution in [3.63, 3.8) is 0 Å². The second-order valence-electron chi connectivity index (χ2n) is 7.05. The van der Waals surface area contributed by atoms with Gasteiger partial charge in [0.05, 0.1) is 12.2 Å². The third kappa shape index (κ3) is 8.25. The van der Waals surface area contributed by atoms with Gasteiger partial charge in [0.15, 0.2) is 8.32 Å². The van der Waals surface area contributed by atoms with Crippen molar-refractivity contribution in [3.05, 3.63) is 0 Å². The Morgan fingerprint density at radius 3 is 2.29 bits per heavy atom. The average molecular weight is 314 g/mol. The van der Waals surface area contributed by atoms with Crippen LogP contribution in [0.15, 0.2) is 0 Å². The highest BCUT2D eigenvalue weighted by Crippen LogP contribution is 2.36. The van der Waals surface area contributed by atoms with E-state index in [1.165, 1.54) is 0 Å². The highest BCUT2D eigenvalue weighted by molar-refractivity contribution is 6.74. The zero-order valence-corrected chi connectivity index (χ0v) is 15.5. The maximum Gasteiger partial charge on any atom is 0.384 e. The van der Waals surface area contributed by atoms with Crippen molar-refractivity contribution >= 4 is 14.3 Å². The molecule has 0 aliphatic rings. The van der Waals surface area contributed by atoms with E-state index in [9.17, 15) is 9.90 Å². The third-order valence-corrected chi connectivity index (χ3v) is 8.38. The molecular formula is C16H30O4Si. The van der Waals surface area contributed by atoms with Gasteiger partial charge < -0.3 is 14.3 Å². The molecule has 21 heavy (non-hydrogen) atoms. The highest BCUT2D eigenvalue weighted by Gasteiger charge is 2.37. The molecule has 0 heterocycles. The van der Waals surface area contributed by atoms with Crippen molar-refractivity contribution in [1.82, 2.24) is 0 Å². The topological polar surface area (TPSA) is 55.8 Å². The lowest BCUT2D eigenvalue weighted by atomic mass is 9.99. The summed E-state index contributed by atoms with van der Waals surface area (Å²) >= 11 is 0. The normalized spacial score (nSPS) is 14.9. The zero-order chi connectivity index (χ0) is 16.7. The van der Waals surface area contributed by atoms with E-state index in [0.29, 0.717) is 19.6 Å². The fraction of sp³-hybridized carbons (Fsp3) is 0.812. The minimum absolute atomic E-state index is 0.155. The summed E-state index contributed by atoms with van der Waals surface area (Å²) in [5.41, 5.74) is -0.956. The smallest absolute Gasteiger partial charge is 0.384 e. The monoisotopic (exact) mass is 314 g/mol. The van der Waals surface area contributed by atoms with Crippen molar-refractivity contribution in [1.29, 1.82) is 0 Å². The van der Waals surface area contributed by atoms with Gasteiger partial charge in [0.2, 0.25) is 0 Å². The lowest BCUT2D eigenvalue weighted by Gasteiger charge is -2.37. The van der Waals surface area contributed by atoms with Gasteiger partial charge in [0.25, 0.3) is 0 Å². The van der Waals surface area contributed by atoms with Crippen LogP contribution < -0.4 is 0 Å². The first-order valence-electron chi connectivity index (χ1n) is 7.43. The lowest BCUT2D eigenvalue weighted by Crippen LogP contribution is -2.42. The van der Waals surface area contributed by atoms with Crippen LogP contribution in [0, 0.1) is 11.8 Å². The summed E-state index contributed by atoms with van der Waals surface area (Å²) in [5.74, 6) is 4.49. The molecule has 4 nitrogen and oxygen atoms in total. The summed E-state index contributed by atoms with van der Waals surface area (Å²) in [6.45, 7) is 15.2. The van der Waals surface area contributed by atoms with Crippen LogP contribution in [0.3, 0.4) is 0 Å². The standard InChI is InChI=1S/C16H30O4Si/c1-8-19-14(17)10-9-11-16(5,18)12-13-20-21(6,7)15(2,3)4/h18H,8,11-13H2,1-7H3. The van der Waals surface area contributed by atoms with E-state index in [-0.39, 0.29) is 11.5 Å². The molecule has 5 heteroatoms. The second-order valence-corrected chi connectivity index (χ2v) is 11.9. The average Bonchev–Trinajstić information content (AvgIpc) is 2.26. The van der Waals surface area contributed by atoms with Gasteiger partial charge >= 0.3 is 5.97 Å². The van der Waals surface area contributed by atoms with Gasteiger partial charge in [-0.3, -0.25) is 0 Å². The van der Waals surface area contributed by atoms with Gasteiger partial charge in [-0.1, -0.05) is 26.7 Å². The minimum Gasteiger partial charge on any atom is -0.456 e. The molecule has 1 atom stereocenters. The number of carbonyl (C=O) groups is 1. The quantitative estimate of drug-likeness (QED) is 0.354. The lowest BCUT2D eigenvalue weighted by molar-refractivity contribution is -0.136. The van der Waals surface area contributed by atoms with E-state index >= 15 is 0 Å². The molecule has 0 aliphatic heterocycles. The van der Waals surface area contributed by atoms with Crippen molar-refractivity contribution in [3.8, 4) is 11.8 Å². The van der Waals surface area contributed by atoms with Gasteiger partial charge in [0, 0.05) is 18.9 Å². The first-order valence-corrected chi connectivity index (χ1v) is 10.3. The number of carbonyl (C=O) groups excluding carboxylic acids is 1. The van der Waals surface area contributed by atoms with E-state index in [2.05, 4.69) is 45.7 Å². The molecule has 0 fully saturated rings. The first-order chi connectivity index (χ1) is 9.41. The van der Waals surface area contributed by atoms with Crippen LogP contribution in [0.1, 0.15) is 47.5 Å². The van der Waals surface area contributed by atoms with Crippen LogP contribution >= 0.6 is 0 Å². The van der Waals surface area contributed by atoms with Crippen LogP contribution in [0.25, 0.3) is 0 Å². The summed E-state index contributed by atoms with van der Waals surface area (Å²) in [6.07, 6.45) is 0.726. The maximum atomic E-state index is 11.1. The predicted octanol–water partition coefficient (Wildman–Crippen LogP) is 3.11. The fourth-order valence-corrected chi connectivity index (χ4v) is 2.35. The summed E-state index contributed by atoms with van der Waals surface area (Å²) in [4.78, 5) is 11.1. The molecule has 0 bridgehead atoms. The molecule has 1 N–H and O–H groups in total. The van der Waals surface area contributed by atoms with Crippen molar-refractivity contribution in [2.75, 3.05) is 13.2 Å². The van der Waals surface area contributed by atoms with Gasteiger partial charge in [-0.2, -0.15) is 0 Å². The Bertz CT molecular complexity index is 397. The number of aliphatic hydroxyl groups is 1. The van der Waals surface area contributed by atoms with E-state index in [0.717, 1.165) is 0 Å². The molecule has 0 radical (unpaired) electrons. The van der Waals surface area contributed by atoms with E-state index in [4.69, 9.17) is 9.16 Å². The summed E-state index contributed by atoms with van der Waals surface area (Å²) in [6, 6.07) is 0. The molecule has 0 aromatic carbocycles. The second kappa shape index (κ2) is 7.97. The molecule has 0 aliphatic carbocycles. The molecule has 122 valence electrons. The Balaban J connectivity index is 4.29. The molecule has 0 saturated carbocycles. The van der Waals surface area contributed by atoms with Crippen LogP contribution in [0.2, 0.25) is 18.1 Å². The zero-order valence-electron chi connectivity index (χ0n) is 14.5. The molecule has 0 spiro atoms. The van der Waals surface area contributed by atoms with Crippen molar-refractivity contribution in [2.24, 2.45) is 0 Å². The summed E-state index contributed by atoms with van der Waals surface area (Å²) < 4.78 is 10.7. The molecule has 0 saturated heterocycles. The van der Waals surface area contributed by atoms with Gasteiger partial charge in [-0.05, 0) is 38.4 Å². The Morgan fingerprint density at radius 1 is 1.24 bits per heavy atom. The Morgan fingerprint density at radius 2 is 1.81 bits per heavy atom. The summed E-state index contributed by atoms with van der Waals surface area (Å²) in [5, 5.41) is 10.4. The SMILES string of the molecule is CCOC(=O)C#CCC(C)(O)CCO[Si](C)(C)C(C)(C)C. The first kappa shape index (κ1) is 20.2. The van der Waals surface area contributed by atoms with Gasteiger partial charge in [-0.15, -0.1) is 0 Å². The van der Waals surface area contributed by atoms with E-state index < -0.39 is 19.9 Å². The van der Waals surface area contributed by atoms with Gasteiger partial charge in [-0.25, -0.2) is 4.79 Å². The fourth-order valence-electron chi connectivity index (χ4n) is 1.30. The number of rotatable bonds is 6. The summed E-state index contributed by atoms with van der Waals surface area (Å²) in [7, 11) is -1.79. The number of hydrogen-bond donors (Lipinski definition) is 1. The molecule has 1 unspecified atom stereocenters. The van der Waals surface area contributed by atoms with E-state index in [1.54, 1.807) is 13.8 Å². The van der Waals surface area contributed by atoms with Crippen LogP contribution in [-0.2, 0) is 14.0 Å². The Labute approximate surface area is 130 Å². The maximum absolute atomic E-state index is 11.1. The molecule has 0 amide bonds. The number of esters is 1. The molecule has 0 aromatic rings. The largest absolute Gasteiger partial charge is 0.456 e. The number of ether oxygens (including phenoxy) is 1. The van der Waals surface area contributed by atoms with Gasteiger partial charge in [0.1, 0.15) is 0 Å². The Hall–Kier alpha value is -0.833. The Kier molecular flexibility index (Phi) is 7.66. The predicted molar refractivity (Wildman–Crippen MR) is 87.4 cm³/mol. The van der Waals surface area contributed by atoms with Crippen LogP contribution in [-0.4, -0.2) is 38.2 Å². The molecular weight excluding hydrogens is 284 g/mol. The van der Waals surface area contributed by atoms with Crippen LogP contribution in [0.5, 0.6) is 0 Å². The van der Waals surface area contributed by atoms with Crippen LogP contribution in [0.4, 0.5) is 0 Å². The van der Waals surface area contributed by atoms with E-state index in [1.807, 2.05) is 0 Å². The minimum atomic E-state index is -1.79. The van der Waals surface area contributed by atoms with Crippen molar-refractivity contribution < 1.29 is 19.1 Å². The third-order valence-electron chi connectivity index (χ3n) is 3.84.